The maximum absolute atomic E-state index is 12.4. The summed E-state index contributed by atoms with van der Waals surface area (Å²) in [4.78, 5) is 24.7. The van der Waals surface area contributed by atoms with Gasteiger partial charge in [-0.15, -0.1) is 0 Å². The third-order valence-electron chi connectivity index (χ3n) is 4.69. The highest BCUT2D eigenvalue weighted by atomic mass is 79.9. The molecule has 30 heavy (non-hydrogen) atoms. The first-order valence-corrected chi connectivity index (χ1v) is 10.7. The fourth-order valence-electron chi connectivity index (χ4n) is 3.03. The molecule has 5 nitrogen and oxygen atoms in total. The highest BCUT2D eigenvalue weighted by molar-refractivity contribution is 9.10. The normalized spacial score (nSPS) is 10.8. The number of amides is 2. The quantitative estimate of drug-likeness (QED) is 0.477. The molecule has 0 spiro atoms. The van der Waals surface area contributed by atoms with Crippen LogP contribution in [0, 0.1) is 5.92 Å². The van der Waals surface area contributed by atoms with Gasteiger partial charge in [0.1, 0.15) is 5.75 Å². The monoisotopic (exact) mass is 468 g/mol. The van der Waals surface area contributed by atoms with Crippen LogP contribution in [0.1, 0.15) is 36.2 Å². The van der Waals surface area contributed by atoms with Gasteiger partial charge in [0, 0.05) is 5.56 Å². The highest BCUT2D eigenvalue weighted by Gasteiger charge is 2.12. The topological polar surface area (TPSA) is 67.4 Å². The second kappa shape index (κ2) is 10.3. The molecule has 0 saturated heterocycles. The standard InChI is InChI=1S/C24H25BrN2O3/c1-16(2)12-13-30-22-11-10-19(14-21(22)25)24(29)27-26-23(28)15-18-8-5-7-17-6-3-4-9-20(17)18/h3-11,14,16H,12-13,15H2,1-2H3,(H,26,28)(H,27,29). The van der Waals surface area contributed by atoms with Gasteiger partial charge in [-0.2, -0.15) is 0 Å². The maximum atomic E-state index is 12.4. The van der Waals surface area contributed by atoms with Crippen LogP contribution in [0.25, 0.3) is 10.8 Å². The van der Waals surface area contributed by atoms with E-state index in [-0.39, 0.29) is 12.3 Å². The summed E-state index contributed by atoms with van der Waals surface area (Å²) >= 11 is 3.44. The lowest BCUT2D eigenvalue weighted by Gasteiger charge is -2.12. The summed E-state index contributed by atoms with van der Waals surface area (Å²) in [6, 6.07) is 18.8. The molecule has 0 radical (unpaired) electrons. The summed E-state index contributed by atoms with van der Waals surface area (Å²) in [6.07, 6.45) is 1.13. The molecule has 0 heterocycles. The summed E-state index contributed by atoms with van der Waals surface area (Å²) in [5, 5.41) is 2.10. The molecular weight excluding hydrogens is 444 g/mol. The average Bonchev–Trinajstić information content (AvgIpc) is 2.73. The lowest BCUT2D eigenvalue weighted by atomic mass is 10.0. The van der Waals surface area contributed by atoms with Crippen molar-refractivity contribution in [3.63, 3.8) is 0 Å². The first-order valence-electron chi connectivity index (χ1n) is 9.92. The Hall–Kier alpha value is -2.86. The van der Waals surface area contributed by atoms with E-state index in [1.54, 1.807) is 18.2 Å². The van der Waals surface area contributed by atoms with Gasteiger partial charge in [-0.25, -0.2) is 0 Å². The van der Waals surface area contributed by atoms with E-state index >= 15 is 0 Å². The summed E-state index contributed by atoms with van der Waals surface area (Å²) < 4.78 is 6.43. The second-order valence-corrected chi connectivity index (χ2v) is 8.35. The minimum atomic E-state index is -0.393. The minimum Gasteiger partial charge on any atom is -0.492 e. The molecule has 0 fully saturated rings. The summed E-state index contributed by atoms with van der Waals surface area (Å²) in [7, 11) is 0. The fourth-order valence-corrected chi connectivity index (χ4v) is 3.52. The van der Waals surface area contributed by atoms with Crippen LogP contribution in [0.2, 0.25) is 0 Å². The van der Waals surface area contributed by atoms with Crippen molar-refractivity contribution in [1.29, 1.82) is 0 Å². The zero-order valence-corrected chi connectivity index (χ0v) is 18.7. The van der Waals surface area contributed by atoms with Gasteiger partial charge in [0.2, 0.25) is 5.91 Å². The first kappa shape index (κ1) is 21.8. The van der Waals surface area contributed by atoms with E-state index in [2.05, 4.69) is 40.6 Å². The predicted octanol–water partition coefficient (Wildman–Crippen LogP) is 5.03. The molecule has 0 bridgehead atoms. The van der Waals surface area contributed by atoms with Crippen molar-refractivity contribution in [1.82, 2.24) is 10.9 Å². The van der Waals surface area contributed by atoms with E-state index in [1.165, 1.54) is 0 Å². The molecule has 2 amide bonds. The summed E-state index contributed by atoms with van der Waals surface area (Å²) in [5.74, 6) is 0.571. The molecule has 0 aromatic heterocycles. The number of carbonyl (C=O) groups excluding carboxylic acids is 2. The van der Waals surface area contributed by atoms with Gasteiger partial charge in [-0.3, -0.25) is 20.4 Å². The van der Waals surface area contributed by atoms with Gasteiger partial charge >= 0.3 is 0 Å². The van der Waals surface area contributed by atoms with Crippen molar-refractivity contribution in [3.05, 3.63) is 76.3 Å². The van der Waals surface area contributed by atoms with Crippen LogP contribution in [0.4, 0.5) is 0 Å². The number of hydrogen-bond acceptors (Lipinski definition) is 3. The van der Waals surface area contributed by atoms with Gasteiger partial charge in [0.15, 0.2) is 0 Å². The van der Waals surface area contributed by atoms with Crippen molar-refractivity contribution in [2.45, 2.75) is 26.7 Å². The SMILES string of the molecule is CC(C)CCOc1ccc(C(=O)NNC(=O)Cc2cccc3ccccc23)cc1Br. The lowest BCUT2D eigenvalue weighted by Crippen LogP contribution is -2.42. The number of halogens is 1. The van der Waals surface area contributed by atoms with Crippen LogP contribution in [-0.2, 0) is 11.2 Å². The number of hydrazine groups is 1. The van der Waals surface area contributed by atoms with Gasteiger partial charge in [-0.05, 0) is 62.8 Å². The zero-order chi connectivity index (χ0) is 21.5. The van der Waals surface area contributed by atoms with Crippen molar-refractivity contribution in [3.8, 4) is 5.75 Å². The Morgan fingerprint density at radius 2 is 1.77 bits per heavy atom. The van der Waals surface area contributed by atoms with Gasteiger partial charge < -0.3 is 4.74 Å². The number of benzene rings is 3. The number of ether oxygens (including phenoxy) is 1. The van der Waals surface area contributed by atoms with Gasteiger partial charge in [0.05, 0.1) is 17.5 Å². The third kappa shape index (κ3) is 5.83. The van der Waals surface area contributed by atoms with E-state index < -0.39 is 5.91 Å². The Morgan fingerprint density at radius 3 is 2.53 bits per heavy atom. The second-order valence-electron chi connectivity index (χ2n) is 7.49. The number of nitrogens with one attached hydrogen (secondary N) is 2. The predicted molar refractivity (Wildman–Crippen MR) is 122 cm³/mol. The van der Waals surface area contributed by atoms with Crippen LogP contribution in [0.3, 0.4) is 0 Å². The highest BCUT2D eigenvalue weighted by Crippen LogP contribution is 2.26. The number of carbonyl (C=O) groups is 2. The van der Waals surface area contributed by atoms with Gasteiger partial charge in [-0.1, -0.05) is 56.3 Å². The third-order valence-corrected chi connectivity index (χ3v) is 5.31. The molecule has 3 aromatic rings. The maximum Gasteiger partial charge on any atom is 0.269 e. The largest absolute Gasteiger partial charge is 0.492 e. The Kier molecular flexibility index (Phi) is 7.46. The molecule has 2 N–H and O–H groups in total. The zero-order valence-electron chi connectivity index (χ0n) is 17.1. The molecular formula is C24H25BrN2O3. The molecule has 6 heteroatoms. The number of hydrogen-bond donors (Lipinski definition) is 2. The van der Waals surface area contributed by atoms with Crippen LogP contribution >= 0.6 is 15.9 Å². The van der Waals surface area contributed by atoms with Crippen molar-refractivity contribution < 1.29 is 14.3 Å². The Bertz CT molecular complexity index is 1040. The van der Waals surface area contributed by atoms with E-state index in [1.807, 2.05) is 42.5 Å². The molecule has 0 unspecified atom stereocenters. The fraction of sp³-hybridized carbons (Fsp3) is 0.250. The molecule has 0 saturated carbocycles. The molecule has 3 aromatic carbocycles. The number of rotatable bonds is 7. The minimum absolute atomic E-state index is 0.175. The van der Waals surface area contributed by atoms with Crippen LogP contribution in [0.15, 0.2) is 65.1 Å². The van der Waals surface area contributed by atoms with Crippen LogP contribution < -0.4 is 15.6 Å². The Labute approximate surface area is 184 Å². The van der Waals surface area contributed by atoms with Crippen molar-refractivity contribution >= 4 is 38.5 Å². The van der Waals surface area contributed by atoms with Crippen LogP contribution in [-0.4, -0.2) is 18.4 Å². The van der Waals surface area contributed by atoms with Crippen molar-refractivity contribution in [2.24, 2.45) is 5.92 Å². The molecule has 0 aliphatic rings. The lowest BCUT2D eigenvalue weighted by molar-refractivity contribution is -0.121. The molecule has 3 rings (SSSR count). The first-order chi connectivity index (χ1) is 14.4. The average molecular weight is 469 g/mol. The Morgan fingerprint density at radius 1 is 1.00 bits per heavy atom. The van der Waals surface area contributed by atoms with Crippen LogP contribution in [0.5, 0.6) is 5.75 Å². The number of fused-ring (bicyclic) bond motifs is 1. The molecule has 156 valence electrons. The summed E-state index contributed by atoms with van der Waals surface area (Å²) in [6.45, 7) is 4.90. The molecule has 0 atom stereocenters. The van der Waals surface area contributed by atoms with E-state index in [4.69, 9.17) is 4.74 Å². The van der Waals surface area contributed by atoms with E-state index in [9.17, 15) is 9.59 Å². The molecule has 0 aliphatic heterocycles. The van der Waals surface area contributed by atoms with Crippen molar-refractivity contribution in [2.75, 3.05) is 6.61 Å². The molecule has 0 aliphatic carbocycles. The van der Waals surface area contributed by atoms with Gasteiger partial charge in [0.25, 0.3) is 5.91 Å². The smallest absolute Gasteiger partial charge is 0.269 e. The van der Waals surface area contributed by atoms with E-state index in [0.29, 0.717) is 28.3 Å². The van der Waals surface area contributed by atoms with E-state index in [0.717, 1.165) is 22.8 Å². The Balaban J connectivity index is 1.56. The summed E-state index contributed by atoms with van der Waals surface area (Å²) in [5.41, 5.74) is 6.29.